The molecule has 0 fully saturated rings. The fourth-order valence-electron chi connectivity index (χ4n) is 1.20. The average molecular weight is 274 g/mol. The first kappa shape index (κ1) is 12.0. The van der Waals surface area contributed by atoms with Gasteiger partial charge in [0.25, 0.3) is 0 Å². The lowest BCUT2D eigenvalue weighted by Gasteiger charge is -2.04. The second-order valence-corrected chi connectivity index (χ2v) is 3.82. The van der Waals surface area contributed by atoms with Crippen LogP contribution >= 0.6 is 23.2 Å². The van der Waals surface area contributed by atoms with Crippen molar-refractivity contribution in [2.24, 2.45) is 0 Å². The van der Waals surface area contributed by atoms with E-state index >= 15 is 0 Å². The summed E-state index contributed by atoms with van der Waals surface area (Å²) in [7, 11) is 0. The molecule has 0 atom stereocenters. The zero-order chi connectivity index (χ0) is 12.1. The van der Waals surface area contributed by atoms with Crippen molar-refractivity contribution in [3.8, 4) is 0 Å². The predicted molar refractivity (Wildman–Crippen MR) is 63.0 cm³/mol. The number of halogens is 2. The van der Waals surface area contributed by atoms with Gasteiger partial charge in [-0.05, 0) is 29.6 Å². The fourth-order valence-corrected chi connectivity index (χ4v) is 1.56. The summed E-state index contributed by atoms with van der Waals surface area (Å²) in [5, 5.41) is 10.7. The van der Waals surface area contributed by atoms with Gasteiger partial charge in [0.2, 0.25) is 16.5 Å². The van der Waals surface area contributed by atoms with Crippen molar-refractivity contribution in [3.63, 3.8) is 0 Å². The zero-order valence-electron chi connectivity index (χ0n) is 8.72. The highest BCUT2D eigenvalue weighted by Gasteiger charge is 2.01. The molecule has 0 aliphatic rings. The Balaban J connectivity index is 1.78. The fraction of sp³-hybridized carbons (Fsp3) is 0.375. The molecular weight excluding hydrogens is 265 g/mol. The number of hydrogen-bond donors (Lipinski definition) is 1. The highest BCUT2D eigenvalue weighted by Crippen LogP contribution is 2.09. The summed E-state index contributed by atoms with van der Waals surface area (Å²) in [6, 6.07) is 0. The van der Waals surface area contributed by atoms with Crippen LogP contribution in [0, 0.1) is 0 Å². The minimum absolute atomic E-state index is 0.0729. The van der Waals surface area contributed by atoms with Crippen molar-refractivity contribution >= 4 is 29.2 Å². The normalized spacial score (nSPS) is 10.5. The molecule has 0 amide bonds. The van der Waals surface area contributed by atoms with Gasteiger partial charge in [-0.3, -0.25) is 4.68 Å². The summed E-state index contributed by atoms with van der Waals surface area (Å²) in [6.07, 6.45) is 4.29. The average Bonchev–Trinajstić information content (AvgIpc) is 2.76. The van der Waals surface area contributed by atoms with Crippen molar-refractivity contribution in [2.45, 2.75) is 13.0 Å². The van der Waals surface area contributed by atoms with E-state index in [0.717, 1.165) is 13.0 Å². The van der Waals surface area contributed by atoms with E-state index in [1.165, 1.54) is 0 Å². The molecular formula is C8H9Cl2N7. The maximum Gasteiger partial charge on any atom is 0.228 e. The van der Waals surface area contributed by atoms with Gasteiger partial charge in [-0.15, -0.1) is 5.10 Å². The number of aryl methyl sites for hydroxylation is 1. The van der Waals surface area contributed by atoms with Gasteiger partial charge in [-0.1, -0.05) is 5.21 Å². The van der Waals surface area contributed by atoms with Gasteiger partial charge in [-0.25, -0.2) is 0 Å². The maximum absolute atomic E-state index is 5.64. The van der Waals surface area contributed by atoms with Gasteiger partial charge in [0.05, 0.1) is 6.20 Å². The Labute approximate surface area is 107 Å². The Bertz CT molecular complexity index is 452. The molecule has 2 heterocycles. The molecule has 17 heavy (non-hydrogen) atoms. The zero-order valence-corrected chi connectivity index (χ0v) is 10.2. The number of anilines is 1. The standard InChI is InChI=1S/C8H9Cl2N7/c9-6-13-7(10)15-8(14-6)11-2-1-4-17-5-3-12-16-17/h3,5H,1-2,4H2,(H,11,13,14,15). The van der Waals surface area contributed by atoms with E-state index in [9.17, 15) is 0 Å². The highest BCUT2D eigenvalue weighted by molar-refractivity contribution is 6.31. The molecule has 0 radical (unpaired) electrons. The van der Waals surface area contributed by atoms with Gasteiger partial charge in [0.1, 0.15) is 0 Å². The largest absolute Gasteiger partial charge is 0.354 e. The lowest BCUT2D eigenvalue weighted by Crippen LogP contribution is -2.10. The van der Waals surface area contributed by atoms with E-state index in [4.69, 9.17) is 23.2 Å². The van der Waals surface area contributed by atoms with Crippen LogP contribution in [0.2, 0.25) is 10.6 Å². The van der Waals surface area contributed by atoms with Crippen LogP contribution in [-0.4, -0.2) is 36.5 Å². The van der Waals surface area contributed by atoms with Crippen LogP contribution in [0.3, 0.4) is 0 Å². The second kappa shape index (κ2) is 5.74. The number of nitrogens with zero attached hydrogens (tertiary/aromatic N) is 6. The molecule has 0 saturated heterocycles. The SMILES string of the molecule is Clc1nc(Cl)nc(NCCCn2ccnn2)n1. The van der Waals surface area contributed by atoms with Gasteiger partial charge in [0, 0.05) is 19.3 Å². The maximum atomic E-state index is 5.64. The molecule has 0 bridgehead atoms. The minimum Gasteiger partial charge on any atom is -0.354 e. The third-order valence-electron chi connectivity index (χ3n) is 1.90. The van der Waals surface area contributed by atoms with Crippen LogP contribution in [-0.2, 0) is 6.54 Å². The van der Waals surface area contributed by atoms with E-state index in [1.807, 2.05) is 0 Å². The van der Waals surface area contributed by atoms with Crippen molar-refractivity contribution in [3.05, 3.63) is 23.0 Å². The Morgan fingerprint density at radius 3 is 2.59 bits per heavy atom. The van der Waals surface area contributed by atoms with Crippen molar-refractivity contribution < 1.29 is 0 Å². The van der Waals surface area contributed by atoms with Crippen LogP contribution in [0.1, 0.15) is 6.42 Å². The molecule has 0 unspecified atom stereocenters. The van der Waals surface area contributed by atoms with Crippen LogP contribution in [0.25, 0.3) is 0 Å². The summed E-state index contributed by atoms with van der Waals surface area (Å²) >= 11 is 11.3. The number of hydrogen-bond acceptors (Lipinski definition) is 6. The first-order valence-corrected chi connectivity index (χ1v) is 5.65. The van der Waals surface area contributed by atoms with Crippen LogP contribution in [0.15, 0.2) is 12.4 Å². The summed E-state index contributed by atoms with van der Waals surface area (Å²) in [4.78, 5) is 11.4. The van der Waals surface area contributed by atoms with E-state index in [0.29, 0.717) is 12.5 Å². The molecule has 2 aromatic heterocycles. The summed E-state index contributed by atoms with van der Waals surface area (Å²) in [5.74, 6) is 0.369. The quantitative estimate of drug-likeness (QED) is 0.827. The molecule has 0 aliphatic carbocycles. The van der Waals surface area contributed by atoms with Crippen molar-refractivity contribution in [1.29, 1.82) is 0 Å². The Morgan fingerprint density at radius 2 is 1.94 bits per heavy atom. The molecule has 7 nitrogen and oxygen atoms in total. The molecule has 1 N–H and O–H groups in total. The van der Waals surface area contributed by atoms with E-state index in [2.05, 4.69) is 30.6 Å². The number of aromatic nitrogens is 6. The molecule has 9 heteroatoms. The molecule has 0 aliphatic heterocycles. The summed E-state index contributed by atoms with van der Waals surface area (Å²) in [6.45, 7) is 1.44. The third kappa shape index (κ3) is 3.79. The Kier molecular flexibility index (Phi) is 4.05. The molecule has 2 rings (SSSR count). The highest BCUT2D eigenvalue weighted by atomic mass is 35.5. The lowest BCUT2D eigenvalue weighted by molar-refractivity contribution is 0.569. The van der Waals surface area contributed by atoms with E-state index < -0.39 is 0 Å². The molecule has 0 saturated carbocycles. The van der Waals surface area contributed by atoms with Gasteiger partial charge >= 0.3 is 0 Å². The first-order valence-electron chi connectivity index (χ1n) is 4.89. The van der Waals surface area contributed by atoms with Crippen molar-refractivity contribution in [1.82, 2.24) is 29.9 Å². The molecule has 0 spiro atoms. The van der Waals surface area contributed by atoms with Crippen LogP contribution in [0.5, 0.6) is 0 Å². The number of rotatable bonds is 5. The van der Waals surface area contributed by atoms with Gasteiger partial charge < -0.3 is 5.32 Å². The number of nitrogens with one attached hydrogen (secondary N) is 1. The van der Waals surface area contributed by atoms with Crippen molar-refractivity contribution in [2.75, 3.05) is 11.9 Å². The molecule has 0 aromatic carbocycles. The van der Waals surface area contributed by atoms with E-state index in [1.54, 1.807) is 17.1 Å². The van der Waals surface area contributed by atoms with E-state index in [-0.39, 0.29) is 10.6 Å². The Morgan fingerprint density at radius 1 is 1.18 bits per heavy atom. The minimum atomic E-state index is 0.0729. The van der Waals surface area contributed by atoms with Crippen LogP contribution in [0.4, 0.5) is 5.95 Å². The molecule has 2 aromatic rings. The Hall–Kier alpha value is -1.47. The summed E-state index contributed by atoms with van der Waals surface area (Å²) in [5.41, 5.74) is 0. The van der Waals surface area contributed by atoms with Gasteiger partial charge in [0.15, 0.2) is 0 Å². The predicted octanol–water partition coefficient (Wildman–Crippen LogP) is 1.27. The monoisotopic (exact) mass is 273 g/mol. The first-order chi connectivity index (χ1) is 8.24. The third-order valence-corrected chi connectivity index (χ3v) is 2.24. The molecule has 90 valence electrons. The topological polar surface area (TPSA) is 81.4 Å². The second-order valence-electron chi connectivity index (χ2n) is 3.14. The lowest BCUT2D eigenvalue weighted by atomic mass is 10.4. The smallest absolute Gasteiger partial charge is 0.228 e. The van der Waals surface area contributed by atoms with Gasteiger partial charge in [-0.2, -0.15) is 15.0 Å². The van der Waals surface area contributed by atoms with Crippen LogP contribution < -0.4 is 5.32 Å². The summed E-state index contributed by atoms with van der Waals surface area (Å²) < 4.78 is 1.75.